The Bertz CT molecular complexity index is 145. The second-order valence-electron chi connectivity index (χ2n) is 2.61. The second-order valence-corrected chi connectivity index (χ2v) is 2.61. The molecule has 0 heterocycles. The van der Waals surface area contributed by atoms with Gasteiger partial charge in [-0.2, -0.15) is 0 Å². The fourth-order valence-corrected chi connectivity index (χ4v) is 1.24. The Kier molecular flexibility index (Phi) is 1.77. The van der Waals surface area contributed by atoms with Crippen LogP contribution in [0.4, 0.5) is 8.78 Å². The lowest BCUT2D eigenvalue weighted by Gasteiger charge is -2.17. The van der Waals surface area contributed by atoms with Crippen LogP contribution in [-0.4, -0.2) is 17.1 Å². The molecule has 0 aromatic heterocycles. The van der Waals surface area contributed by atoms with Crippen LogP contribution < -0.4 is 0 Å². The SMILES string of the molecule is C=CC1CCC(O)C1(F)F. The van der Waals surface area contributed by atoms with Crippen LogP contribution in [0.1, 0.15) is 12.8 Å². The van der Waals surface area contributed by atoms with E-state index < -0.39 is 17.9 Å². The minimum absolute atomic E-state index is 0.184. The summed E-state index contributed by atoms with van der Waals surface area (Å²) >= 11 is 0. The van der Waals surface area contributed by atoms with Crippen LogP contribution in [0.3, 0.4) is 0 Å². The lowest BCUT2D eigenvalue weighted by molar-refractivity contribution is -0.104. The number of halogens is 2. The molecule has 0 aromatic rings. The first-order valence-electron chi connectivity index (χ1n) is 3.27. The highest BCUT2D eigenvalue weighted by molar-refractivity contribution is 4.99. The Labute approximate surface area is 58.4 Å². The van der Waals surface area contributed by atoms with Gasteiger partial charge in [0.15, 0.2) is 0 Å². The number of hydrogen-bond donors (Lipinski definition) is 1. The highest BCUT2D eigenvalue weighted by Gasteiger charge is 2.49. The number of alkyl halides is 2. The average Bonchev–Trinajstić information content (AvgIpc) is 2.10. The van der Waals surface area contributed by atoms with Gasteiger partial charge in [-0.25, -0.2) is 8.78 Å². The van der Waals surface area contributed by atoms with Crippen LogP contribution in [0.2, 0.25) is 0 Å². The first-order chi connectivity index (χ1) is 4.59. The summed E-state index contributed by atoms with van der Waals surface area (Å²) in [5, 5.41) is 8.76. The molecule has 0 aliphatic heterocycles. The summed E-state index contributed by atoms with van der Waals surface area (Å²) in [7, 11) is 0. The number of rotatable bonds is 1. The maximum atomic E-state index is 12.7. The van der Waals surface area contributed by atoms with Crippen molar-refractivity contribution in [1.29, 1.82) is 0 Å². The van der Waals surface area contributed by atoms with E-state index in [1.54, 1.807) is 0 Å². The number of hydrogen-bond acceptors (Lipinski definition) is 1. The van der Waals surface area contributed by atoms with E-state index in [2.05, 4.69) is 6.58 Å². The molecule has 1 fully saturated rings. The molecule has 0 radical (unpaired) electrons. The predicted octanol–water partition coefficient (Wildman–Crippen LogP) is 1.58. The van der Waals surface area contributed by atoms with E-state index in [9.17, 15) is 8.78 Å². The third-order valence-corrected chi connectivity index (χ3v) is 1.97. The van der Waals surface area contributed by atoms with Crippen LogP contribution in [0.5, 0.6) is 0 Å². The van der Waals surface area contributed by atoms with Crippen LogP contribution in [0.25, 0.3) is 0 Å². The molecule has 1 aliphatic rings. The lowest BCUT2D eigenvalue weighted by atomic mass is 10.1. The van der Waals surface area contributed by atoms with Gasteiger partial charge in [0.1, 0.15) is 6.10 Å². The topological polar surface area (TPSA) is 20.2 Å². The van der Waals surface area contributed by atoms with E-state index in [0.717, 1.165) is 0 Å². The molecule has 0 amide bonds. The molecule has 1 nitrogen and oxygen atoms in total. The molecule has 0 bridgehead atoms. The number of aliphatic hydroxyl groups is 1. The largest absolute Gasteiger partial charge is 0.387 e. The average molecular weight is 148 g/mol. The van der Waals surface area contributed by atoms with Crippen molar-refractivity contribution in [2.75, 3.05) is 0 Å². The smallest absolute Gasteiger partial charge is 0.279 e. The van der Waals surface area contributed by atoms with Gasteiger partial charge in [-0.3, -0.25) is 0 Å². The van der Waals surface area contributed by atoms with Crippen molar-refractivity contribution in [2.45, 2.75) is 24.9 Å². The number of aliphatic hydroxyl groups excluding tert-OH is 1. The van der Waals surface area contributed by atoms with Crippen molar-refractivity contribution in [3.05, 3.63) is 12.7 Å². The van der Waals surface area contributed by atoms with Crippen LogP contribution in [0.15, 0.2) is 12.7 Å². The number of allylic oxidation sites excluding steroid dienone is 1. The monoisotopic (exact) mass is 148 g/mol. The Balaban J connectivity index is 2.73. The molecular formula is C7H10F2O. The van der Waals surface area contributed by atoms with Gasteiger partial charge in [-0.15, -0.1) is 6.58 Å². The molecule has 0 aromatic carbocycles. The zero-order chi connectivity index (χ0) is 7.78. The minimum atomic E-state index is -2.94. The van der Waals surface area contributed by atoms with Crippen LogP contribution >= 0.6 is 0 Å². The summed E-state index contributed by atoms with van der Waals surface area (Å²) in [6.07, 6.45) is 0.285. The molecule has 2 unspecified atom stereocenters. The fourth-order valence-electron chi connectivity index (χ4n) is 1.24. The molecule has 1 aliphatic carbocycles. The summed E-state index contributed by atoms with van der Waals surface area (Å²) < 4.78 is 25.4. The highest BCUT2D eigenvalue weighted by Crippen LogP contribution is 2.40. The van der Waals surface area contributed by atoms with Gasteiger partial charge in [-0.1, -0.05) is 6.08 Å². The van der Waals surface area contributed by atoms with Gasteiger partial charge in [0.25, 0.3) is 5.92 Å². The molecule has 58 valence electrons. The zero-order valence-corrected chi connectivity index (χ0v) is 5.56. The van der Waals surface area contributed by atoms with Crippen LogP contribution in [0, 0.1) is 5.92 Å². The van der Waals surface area contributed by atoms with Crippen molar-refractivity contribution in [2.24, 2.45) is 5.92 Å². The Hall–Kier alpha value is -0.440. The van der Waals surface area contributed by atoms with Gasteiger partial charge in [-0.05, 0) is 12.8 Å². The summed E-state index contributed by atoms with van der Waals surface area (Å²) in [5.41, 5.74) is 0. The van der Waals surface area contributed by atoms with E-state index in [-0.39, 0.29) is 6.42 Å². The standard InChI is InChI=1S/C7H10F2O/c1-2-5-3-4-6(10)7(5,8)9/h2,5-6,10H,1,3-4H2. The Morgan fingerprint density at radius 2 is 2.10 bits per heavy atom. The Morgan fingerprint density at radius 3 is 2.30 bits per heavy atom. The van der Waals surface area contributed by atoms with E-state index in [4.69, 9.17) is 5.11 Å². The first-order valence-corrected chi connectivity index (χ1v) is 3.27. The van der Waals surface area contributed by atoms with Gasteiger partial charge < -0.3 is 5.11 Å². The van der Waals surface area contributed by atoms with Gasteiger partial charge in [0, 0.05) is 5.92 Å². The molecular weight excluding hydrogens is 138 g/mol. The zero-order valence-electron chi connectivity index (χ0n) is 5.56. The van der Waals surface area contributed by atoms with Crippen molar-refractivity contribution in [3.8, 4) is 0 Å². The first kappa shape index (κ1) is 7.66. The van der Waals surface area contributed by atoms with E-state index in [1.807, 2.05) is 0 Å². The molecule has 1 rings (SSSR count). The highest BCUT2D eigenvalue weighted by atomic mass is 19.3. The third-order valence-electron chi connectivity index (χ3n) is 1.97. The lowest BCUT2D eigenvalue weighted by Crippen LogP contribution is -2.32. The molecule has 1 N–H and O–H groups in total. The maximum absolute atomic E-state index is 12.7. The third kappa shape index (κ3) is 0.944. The molecule has 1 saturated carbocycles. The summed E-state index contributed by atoms with van der Waals surface area (Å²) in [5.74, 6) is -3.77. The predicted molar refractivity (Wildman–Crippen MR) is 33.9 cm³/mol. The van der Waals surface area contributed by atoms with E-state index in [1.165, 1.54) is 6.08 Å². The summed E-state index contributed by atoms with van der Waals surface area (Å²) in [4.78, 5) is 0. The van der Waals surface area contributed by atoms with Crippen molar-refractivity contribution >= 4 is 0 Å². The Morgan fingerprint density at radius 1 is 1.50 bits per heavy atom. The molecule has 3 heteroatoms. The second kappa shape index (κ2) is 2.31. The summed E-state index contributed by atoms with van der Waals surface area (Å²) in [6, 6.07) is 0. The molecule has 0 spiro atoms. The quantitative estimate of drug-likeness (QED) is 0.560. The van der Waals surface area contributed by atoms with E-state index >= 15 is 0 Å². The van der Waals surface area contributed by atoms with Crippen molar-refractivity contribution < 1.29 is 13.9 Å². The fraction of sp³-hybridized carbons (Fsp3) is 0.714. The van der Waals surface area contributed by atoms with E-state index in [0.29, 0.717) is 6.42 Å². The van der Waals surface area contributed by atoms with Gasteiger partial charge in [0.05, 0.1) is 0 Å². The van der Waals surface area contributed by atoms with Crippen molar-refractivity contribution in [3.63, 3.8) is 0 Å². The summed E-state index contributed by atoms with van der Waals surface area (Å²) in [6.45, 7) is 3.28. The molecule has 2 atom stereocenters. The maximum Gasteiger partial charge on any atom is 0.279 e. The minimum Gasteiger partial charge on any atom is -0.387 e. The van der Waals surface area contributed by atoms with Gasteiger partial charge in [0.2, 0.25) is 0 Å². The molecule has 0 saturated heterocycles. The normalized spacial score (nSPS) is 37.9. The molecule has 10 heavy (non-hydrogen) atoms. The van der Waals surface area contributed by atoms with Crippen molar-refractivity contribution in [1.82, 2.24) is 0 Å². The van der Waals surface area contributed by atoms with Crippen LogP contribution in [-0.2, 0) is 0 Å². The van der Waals surface area contributed by atoms with Gasteiger partial charge >= 0.3 is 0 Å².